The Balaban J connectivity index is 0.00000480. The van der Waals surface area contributed by atoms with Crippen molar-refractivity contribution in [2.75, 3.05) is 27.9 Å². The zero-order chi connectivity index (χ0) is 22.3. The molecule has 0 atom stereocenters. The highest BCUT2D eigenvalue weighted by molar-refractivity contribution is 7.56. The molecule has 0 fully saturated rings. The maximum Gasteiger partial charge on any atom is 0.311 e. The largest absolute Gasteiger partial charge is 0.493 e. The van der Waals surface area contributed by atoms with Gasteiger partial charge in [-0.1, -0.05) is 27.0 Å². The molecule has 0 aliphatic rings. The Labute approximate surface area is 189 Å². The molecule has 10 heteroatoms. The summed E-state index contributed by atoms with van der Waals surface area (Å²) in [5.74, 6) is -0.474. The van der Waals surface area contributed by atoms with Gasteiger partial charge in [-0.2, -0.15) is 0 Å². The molecule has 0 saturated carbocycles. The fourth-order valence-corrected chi connectivity index (χ4v) is 3.84. The van der Waals surface area contributed by atoms with Gasteiger partial charge in [0.15, 0.2) is 23.0 Å². The average molecular weight is 469 g/mol. The van der Waals surface area contributed by atoms with Crippen molar-refractivity contribution in [3.8, 4) is 23.0 Å². The Morgan fingerprint density at radius 2 is 1.19 bits per heavy atom. The monoisotopic (exact) mass is 469 g/mol. The van der Waals surface area contributed by atoms with Crippen LogP contribution in [0.2, 0.25) is 0 Å². The van der Waals surface area contributed by atoms with Crippen LogP contribution in [0, 0.1) is 0 Å². The maximum absolute atomic E-state index is 10.9. The molecule has 0 aliphatic carbocycles. The van der Waals surface area contributed by atoms with Crippen LogP contribution in [-0.2, 0) is 22.4 Å². The lowest BCUT2D eigenvalue weighted by atomic mass is 10.1. The number of hydrogen-bond acceptors (Lipinski definition) is 7. The molecule has 0 aromatic heterocycles. The number of carboxylic acid groups (broad SMARTS) is 2. The summed E-state index contributed by atoms with van der Waals surface area (Å²) in [6, 6.07) is 9.66. The molecular formula is C22H32NO8P. The summed E-state index contributed by atoms with van der Waals surface area (Å²) in [6.07, 6.45) is -0.283. The number of nitrogens with zero attached hydrogens (tertiary/aromatic N) is 1. The molecule has 2 rings (SSSR count). The van der Waals surface area contributed by atoms with E-state index in [1.165, 1.54) is 14.2 Å². The molecule has 0 amide bonds. The first-order valence-corrected chi connectivity index (χ1v) is 10.9. The third-order valence-corrected chi connectivity index (χ3v) is 5.86. The first kappa shape index (κ1) is 28.8. The summed E-state index contributed by atoms with van der Waals surface area (Å²) in [5.41, 5.74) is 1.13. The fraction of sp³-hybridized carbons (Fsp3) is 0.364. The second-order valence-corrected chi connectivity index (χ2v) is 8.67. The van der Waals surface area contributed by atoms with Crippen molar-refractivity contribution in [3.05, 3.63) is 47.5 Å². The standard InChI is InChI=1S/C20H24NO8P.2CH4/c1-21-30(4,28-15-7-5-13(11-19(22)23)9-17(15)26-2)29-16-8-6-14(12-20(24)25)10-18(16)27-3;;/h5-10H,11-12H2,1-4H3,(H,22,23)(H,24,25);2*1H4. The third kappa shape index (κ3) is 7.81. The number of carbonyl (C=O) groups is 2. The lowest BCUT2D eigenvalue weighted by molar-refractivity contribution is -0.137. The summed E-state index contributed by atoms with van der Waals surface area (Å²) in [7, 11) is 1.64. The first-order valence-electron chi connectivity index (χ1n) is 8.84. The first-order chi connectivity index (χ1) is 14.2. The SMILES string of the molecule is C.C.CN=P(C)(Oc1ccc(CC(=O)O)cc1OC)Oc1ccc(CC(=O)O)cc1OC. The molecule has 178 valence electrons. The van der Waals surface area contributed by atoms with Crippen LogP contribution >= 0.6 is 7.51 Å². The van der Waals surface area contributed by atoms with E-state index in [0.717, 1.165) is 0 Å². The molecule has 0 aliphatic heterocycles. The highest BCUT2D eigenvalue weighted by Crippen LogP contribution is 2.51. The number of aliphatic carboxylic acids is 2. The van der Waals surface area contributed by atoms with E-state index in [1.807, 2.05) is 0 Å². The number of benzene rings is 2. The topological polar surface area (TPSA) is 124 Å². The molecule has 9 nitrogen and oxygen atoms in total. The van der Waals surface area contributed by atoms with Crippen LogP contribution in [0.4, 0.5) is 0 Å². The molecule has 0 saturated heterocycles. The summed E-state index contributed by atoms with van der Waals surface area (Å²) in [5, 5.41) is 17.9. The van der Waals surface area contributed by atoms with Crippen molar-refractivity contribution in [1.82, 2.24) is 0 Å². The van der Waals surface area contributed by atoms with Gasteiger partial charge in [0.05, 0.1) is 27.1 Å². The lowest BCUT2D eigenvalue weighted by Gasteiger charge is -2.23. The smallest absolute Gasteiger partial charge is 0.311 e. The normalized spacial score (nSPS) is 10.1. The molecule has 0 unspecified atom stereocenters. The number of methoxy groups -OCH3 is 2. The molecule has 0 heterocycles. The quantitative estimate of drug-likeness (QED) is 0.467. The molecular weight excluding hydrogens is 437 g/mol. The zero-order valence-corrected chi connectivity index (χ0v) is 18.0. The van der Waals surface area contributed by atoms with Crippen molar-refractivity contribution in [2.45, 2.75) is 27.7 Å². The summed E-state index contributed by atoms with van der Waals surface area (Å²) < 4.78 is 27.0. The van der Waals surface area contributed by atoms with E-state index in [9.17, 15) is 9.59 Å². The van der Waals surface area contributed by atoms with E-state index in [0.29, 0.717) is 34.1 Å². The van der Waals surface area contributed by atoms with Gasteiger partial charge in [-0.15, -0.1) is 0 Å². The third-order valence-electron chi connectivity index (χ3n) is 4.07. The molecule has 32 heavy (non-hydrogen) atoms. The molecule has 0 spiro atoms. The Morgan fingerprint density at radius 3 is 1.47 bits per heavy atom. The van der Waals surface area contributed by atoms with Gasteiger partial charge in [0, 0.05) is 13.7 Å². The Bertz CT molecular complexity index is 916. The van der Waals surface area contributed by atoms with Gasteiger partial charge < -0.3 is 28.7 Å². The van der Waals surface area contributed by atoms with Crippen LogP contribution < -0.4 is 18.5 Å². The average Bonchev–Trinajstić information content (AvgIpc) is 2.69. The van der Waals surface area contributed by atoms with Gasteiger partial charge >= 0.3 is 19.4 Å². The van der Waals surface area contributed by atoms with Crippen LogP contribution in [-0.4, -0.2) is 50.1 Å². The maximum atomic E-state index is 10.9. The number of hydrogen-bond donors (Lipinski definition) is 2. The number of rotatable bonds is 10. The van der Waals surface area contributed by atoms with Gasteiger partial charge in [0.1, 0.15) is 0 Å². The van der Waals surface area contributed by atoms with E-state index in [4.69, 9.17) is 28.7 Å². The minimum absolute atomic E-state index is 0. The highest BCUT2D eigenvalue weighted by atomic mass is 31.2. The van der Waals surface area contributed by atoms with Gasteiger partial charge in [-0.3, -0.25) is 9.59 Å². The van der Waals surface area contributed by atoms with Crippen molar-refractivity contribution in [2.24, 2.45) is 4.74 Å². The second kappa shape index (κ2) is 12.6. The Hall–Kier alpha value is -3.19. The Kier molecular flexibility index (Phi) is 11.4. The minimum Gasteiger partial charge on any atom is -0.493 e. The van der Waals surface area contributed by atoms with Crippen LogP contribution in [0.1, 0.15) is 26.0 Å². The van der Waals surface area contributed by atoms with Crippen molar-refractivity contribution >= 4 is 19.4 Å². The predicted octanol–water partition coefficient (Wildman–Crippen LogP) is 4.98. The molecule has 2 aromatic carbocycles. The van der Waals surface area contributed by atoms with Crippen LogP contribution in [0.15, 0.2) is 41.1 Å². The fourth-order valence-electron chi connectivity index (χ4n) is 2.61. The summed E-state index contributed by atoms with van der Waals surface area (Å²) in [6.45, 7) is 1.70. The van der Waals surface area contributed by atoms with Crippen LogP contribution in [0.5, 0.6) is 23.0 Å². The van der Waals surface area contributed by atoms with Gasteiger partial charge in [0.25, 0.3) is 0 Å². The molecule has 2 aromatic rings. The van der Waals surface area contributed by atoms with Gasteiger partial charge in [0.2, 0.25) is 0 Å². The van der Waals surface area contributed by atoms with Crippen molar-refractivity contribution in [1.29, 1.82) is 0 Å². The van der Waals surface area contributed by atoms with Gasteiger partial charge in [-0.05, 0) is 35.4 Å². The van der Waals surface area contributed by atoms with Gasteiger partial charge in [-0.25, -0.2) is 4.74 Å². The number of carboxylic acids is 2. The van der Waals surface area contributed by atoms with E-state index in [2.05, 4.69) is 4.74 Å². The van der Waals surface area contributed by atoms with E-state index >= 15 is 0 Å². The second-order valence-electron chi connectivity index (χ2n) is 6.30. The predicted molar refractivity (Wildman–Crippen MR) is 125 cm³/mol. The highest BCUT2D eigenvalue weighted by Gasteiger charge is 2.22. The van der Waals surface area contributed by atoms with Crippen molar-refractivity contribution < 1.29 is 38.3 Å². The van der Waals surface area contributed by atoms with Crippen LogP contribution in [0.25, 0.3) is 0 Å². The number of ether oxygens (including phenoxy) is 2. The van der Waals surface area contributed by atoms with E-state index < -0.39 is 19.4 Å². The summed E-state index contributed by atoms with van der Waals surface area (Å²) >= 11 is 0. The van der Waals surface area contributed by atoms with E-state index in [-0.39, 0.29) is 27.7 Å². The summed E-state index contributed by atoms with van der Waals surface area (Å²) in [4.78, 5) is 21.9. The minimum atomic E-state index is -2.83. The molecule has 0 bridgehead atoms. The van der Waals surface area contributed by atoms with Crippen LogP contribution in [0.3, 0.4) is 0 Å². The Morgan fingerprint density at radius 1 is 0.812 bits per heavy atom. The molecule has 0 radical (unpaired) electrons. The lowest BCUT2D eigenvalue weighted by Crippen LogP contribution is -2.05. The van der Waals surface area contributed by atoms with Crippen molar-refractivity contribution in [3.63, 3.8) is 0 Å². The van der Waals surface area contributed by atoms with E-state index in [1.54, 1.807) is 50.1 Å². The molecule has 2 N–H and O–H groups in total. The zero-order valence-electron chi connectivity index (χ0n) is 17.1.